The van der Waals surface area contributed by atoms with Crippen molar-refractivity contribution < 1.29 is 12.7 Å². The zero-order chi connectivity index (χ0) is 26.0. The van der Waals surface area contributed by atoms with Crippen LogP contribution in [0.4, 0.5) is 11.4 Å². The Bertz CT molecular complexity index is 1260. The van der Waals surface area contributed by atoms with Crippen LogP contribution in [0.3, 0.4) is 0 Å². The molecule has 0 aliphatic carbocycles. The molecule has 0 unspecified atom stereocenters. The first-order valence-corrected chi connectivity index (χ1v) is 14.6. The molecule has 1 fully saturated rings. The van der Waals surface area contributed by atoms with Crippen molar-refractivity contribution >= 4 is 43.4 Å². The summed E-state index contributed by atoms with van der Waals surface area (Å²) in [5, 5.41) is 0. The van der Waals surface area contributed by atoms with E-state index in [9.17, 15) is 0 Å². The van der Waals surface area contributed by atoms with Gasteiger partial charge in [0.2, 0.25) is 0 Å². The van der Waals surface area contributed by atoms with Gasteiger partial charge in [-0.25, -0.2) is 9.98 Å². The number of rotatable bonds is 4. The molecular formula is C30H28Cl2N4Ni. The Morgan fingerprint density at radius 1 is 0.541 bits per heavy atom. The molecule has 4 aromatic carbocycles. The molecule has 0 atom stereocenters. The molecule has 1 aliphatic rings. The molecule has 1 saturated heterocycles. The molecule has 37 heavy (non-hydrogen) atoms. The zero-order valence-corrected chi connectivity index (χ0v) is 23.2. The molecule has 1 heterocycles. The first kappa shape index (κ1) is 26.9. The minimum atomic E-state index is 0.569. The predicted octanol–water partition coefficient (Wildman–Crippen LogP) is 8.03. The van der Waals surface area contributed by atoms with Crippen LogP contribution in [0.25, 0.3) is 22.3 Å². The van der Waals surface area contributed by atoms with Gasteiger partial charge in [-0.2, -0.15) is 0 Å². The van der Waals surface area contributed by atoms with E-state index < -0.39 is 0 Å². The number of piperazine rings is 1. The molecule has 0 radical (unpaired) electrons. The number of nitrogens with zero attached hydrogens (tertiary/aromatic N) is 4. The fourth-order valence-electron chi connectivity index (χ4n) is 4.22. The molecule has 0 spiro atoms. The van der Waals surface area contributed by atoms with Gasteiger partial charge in [0.15, 0.2) is 11.7 Å². The van der Waals surface area contributed by atoms with Crippen LogP contribution in [0.1, 0.15) is 0 Å². The van der Waals surface area contributed by atoms with Gasteiger partial charge >= 0.3 is 33.0 Å². The summed E-state index contributed by atoms with van der Waals surface area (Å²) in [6.45, 7) is 1.78. The van der Waals surface area contributed by atoms with Gasteiger partial charge in [-0.05, 0) is 23.3 Å². The standard InChI is InChI=1S/C30H28N4.2ClH.Ni/c1-33-21-22-34(2)30(32-28-20-12-10-18-26(28)24-15-7-4-8-16-24)29(33)31-27-19-11-9-17-25(27)23-13-5-3-6-14-23;;;/h3-20H,21-22H2,1-2H3;2*1H;/q;;;+2/p-2. The summed E-state index contributed by atoms with van der Waals surface area (Å²) in [5.41, 5.74) is 6.41. The van der Waals surface area contributed by atoms with Crippen LogP contribution in [0, 0.1) is 0 Å². The molecule has 4 aromatic rings. The number of hydrogen-bond acceptors (Lipinski definition) is 2. The van der Waals surface area contributed by atoms with Crippen molar-refractivity contribution in [1.82, 2.24) is 9.80 Å². The topological polar surface area (TPSA) is 31.2 Å². The number of benzene rings is 4. The normalized spacial score (nSPS) is 15.6. The molecule has 0 bridgehead atoms. The summed E-state index contributed by atoms with van der Waals surface area (Å²) in [5.74, 6) is 1.75. The number of aliphatic imine (C=N–C) groups is 2. The van der Waals surface area contributed by atoms with Gasteiger partial charge in [-0.1, -0.05) is 97.1 Å². The Balaban J connectivity index is 0.00000102. The maximum absolute atomic E-state index is 5.18. The zero-order valence-electron chi connectivity index (χ0n) is 20.7. The van der Waals surface area contributed by atoms with Crippen molar-refractivity contribution in [1.29, 1.82) is 0 Å². The van der Waals surface area contributed by atoms with E-state index in [1.165, 1.54) is 0 Å². The SMILES string of the molecule is CN1CCN(C)C(=Nc2ccccc2-c2ccccc2)C1=Nc1ccccc1-c1ccccc1.[Cl][Ni][Cl]. The Morgan fingerprint density at radius 2 is 0.865 bits per heavy atom. The van der Waals surface area contributed by atoms with E-state index in [0.29, 0.717) is 12.7 Å². The fourth-order valence-corrected chi connectivity index (χ4v) is 4.22. The first-order chi connectivity index (χ1) is 18.1. The number of halogens is 2. The monoisotopic (exact) mass is 572 g/mol. The van der Waals surface area contributed by atoms with Crippen molar-refractivity contribution in [2.45, 2.75) is 0 Å². The van der Waals surface area contributed by atoms with Crippen molar-refractivity contribution in [2.24, 2.45) is 9.98 Å². The summed E-state index contributed by atoms with van der Waals surface area (Å²) in [6.07, 6.45) is 0. The van der Waals surface area contributed by atoms with Crippen molar-refractivity contribution in [3.63, 3.8) is 0 Å². The Labute approximate surface area is 233 Å². The summed E-state index contributed by atoms with van der Waals surface area (Å²) < 4.78 is 0. The molecule has 0 N–H and O–H groups in total. The van der Waals surface area contributed by atoms with E-state index in [4.69, 9.17) is 30.4 Å². The van der Waals surface area contributed by atoms with E-state index in [0.717, 1.165) is 58.4 Å². The molecule has 4 nitrogen and oxygen atoms in total. The third-order valence-electron chi connectivity index (χ3n) is 6.12. The van der Waals surface area contributed by atoms with E-state index in [-0.39, 0.29) is 0 Å². The average Bonchev–Trinajstić information content (AvgIpc) is 2.94. The molecule has 192 valence electrons. The molecular weight excluding hydrogens is 546 g/mol. The van der Waals surface area contributed by atoms with Gasteiger partial charge in [0.1, 0.15) is 0 Å². The molecule has 0 amide bonds. The van der Waals surface area contributed by atoms with Gasteiger partial charge in [0.25, 0.3) is 0 Å². The van der Waals surface area contributed by atoms with Crippen molar-refractivity contribution in [2.75, 3.05) is 27.2 Å². The van der Waals surface area contributed by atoms with Crippen LogP contribution in [-0.4, -0.2) is 48.7 Å². The van der Waals surface area contributed by atoms with E-state index in [1.807, 2.05) is 24.3 Å². The molecule has 1 aliphatic heterocycles. The number of para-hydroxylation sites is 2. The second-order valence-electron chi connectivity index (χ2n) is 8.53. The first-order valence-electron chi connectivity index (χ1n) is 11.8. The summed E-state index contributed by atoms with van der Waals surface area (Å²) in [4.78, 5) is 14.8. The van der Waals surface area contributed by atoms with Gasteiger partial charge in [-0.3, -0.25) is 0 Å². The van der Waals surface area contributed by atoms with Crippen LogP contribution < -0.4 is 0 Å². The average molecular weight is 574 g/mol. The maximum atomic E-state index is 5.18. The predicted molar refractivity (Wildman–Crippen MR) is 155 cm³/mol. The molecule has 0 saturated carbocycles. The van der Waals surface area contributed by atoms with Gasteiger partial charge in [0, 0.05) is 38.3 Å². The molecule has 0 aromatic heterocycles. The molecule has 5 rings (SSSR count). The van der Waals surface area contributed by atoms with Crippen LogP contribution in [-0.2, 0) is 12.7 Å². The van der Waals surface area contributed by atoms with Crippen LogP contribution >= 0.6 is 20.4 Å². The number of likely N-dealkylation sites (N-methyl/N-ethyl adjacent to an activating group) is 2. The Kier molecular flexibility index (Phi) is 9.79. The summed E-state index contributed by atoms with van der Waals surface area (Å²) in [6, 6.07) is 37.4. The van der Waals surface area contributed by atoms with Crippen molar-refractivity contribution in [3.8, 4) is 22.3 Å². The van der Waals surface area contributed by atoms with Crippen LogP contribution in [0.2, 0.25) is 0 Å². The second kappa shape index (κ2) is 13.4. The van der Waals surface area contributed by atoms with Crippen molar-refractivity contribution in [3.05, 3.63) is 109 Å². The second-order valence-corrected chi connectivity index (χ2v) is 10.2. The van der Waals surface area contributed by atoms with E-state index in [1.54, 1.807) is 0 Å². The number of amidine groups is 2. The summed E-state index contributed by atoms with van der Waals surface area (Å²) >= 11 is 0.569. The Morgan fingerprint density at radius 3 is 1.24 bits per heavy atom. The van der Waals surface area contributed by atoms with Gasteiger partial charge < -0.3 is 9.80 Å². The molecule has 7 heteroatoms. The van der Waals surface area contributed by atoms with Gasteiger partial charge in [0.05, 0.1) is 11.4 Å². The summed E-state index contributed by atoms with van der Waals surface area (Å²) in [7, 11) is 13.6. The Hall–Kier alpha value is -3.11. The third kappa shape index (κ3) is 6.81. The van der Waals surface area contributed by atoms with Gasteiger partial charge in [-0.15, -0.1) is 0 Å². The van der Waals surface area contributed by atoms with E-state index >= 15 is 0 Å². The van der Waals surface area contributed by atoms with Crippen LogP contribution in [0.15, 0.2) is 119 Å². The third-order valence-corrected chi connectivity index (χ3v) is 6.12. The fraction of sp³-hybridized carbons (Fsp3) is 0.133. The van der Waals surface area contributed by atoms with E-state index in [2.05, 4.69) is 109 Å². The quantitative estimate of drug-likeness (QED) is 0.231. The number of hydrogen-bond donors (Lipinski definition) is 0. The van der Waals surface area contributed by atoms with Crippen LogP contribution in [0.5, 0.6) is 0 Å². The minimum absolute atomic E-state index is 0.569.